The smallest absolute Gasteiger partial charge is 0.309 e. The molecule has 2 unspecified atom stereocenters. The van der Waals surface area contributed by atoms with Gasteiger partial charge in [-0.3, -0.25) is 4.79 Å². The van der Waals surface area contributed by atoms with Gasteiger partial charge in [0.25, 0.3) is 0 Å². The number of aliphatic carboxylic acids is 1. The zero-order chi connectivity index (χ0) is 11.5. The number of rotatable bonds is 4. The maximum absolute atomic E-state index is 10.9. The van der Waals surface area contributed by atoms with Crippen molar-refractivity contribution in [2.45, 2.75) is 51.7 Å². The van der Waals surface area contributed by atoms with Crippen LogP contribution in [-0.4, -0.2) is 22.1 Å². The minimum atomic E-state index is -0.682. The molecule has 1 aliphatic carbocycles. The van der Waals surface area contributed by atoms with Gasteiger partial charge in [-0.05, 0) is 32.6 Å². The second kappa shape index (κ2) is 5.24. The van der Waals surface area contributed by atoms with Crippen LogP contribution in [0.25, 0.3) is 0 Å². The van der Waals surface area contributed by atoms with Crippen molar-refractivity contribution in [1.29, 1.82) is 0 Å². The molecular formula is C12H22O2S. The quantitative estimate of drug-likeness (QED) is 0.804. The van der Waals surface area contributed by atoms with Gasteiger partial charge in [-0.2, -0.15) is 11.8 Å². The van der Waals surface area contributed by atoms with Crippen LogP contribution in [0.3, 0.4) is 0 Å². The number of thioether (sulfide) groups is 1. The number of hydrogen-bond acceptors (Lipinski definition) is 2. The van der Waals surface area contributed by atoms with E-state index in [0.29, 0.717) is 5.25 Å². The molecule has 1 rings (SSSR count). The Morgan fingerprint density at radius 3 is 2.67 bits per heavy atom. The molecule has 2 nitrogen and oxygen atoms in total. The number of hydrogen-bond donors (Lipinski definition) is 1. The molecule has 0 radical (unpaired) electrons. The van der Waals surface area contributed by atoms with E-state index >= 15 is 0 Å². The number of carboxylic acid groups (broad SMARTS) is 1. The molecule has 0 bridgehead atoms. The van der Waals surface area contributed by atoms with Crippen molar-refractivity contribution in [2.75, 3.05) is 5.75 Å². The van der Waals surface area contributed by atoms with Crippen LogP contribution >= 0.6 is 11.8 Å². The third kappa shape index (κ3) is 4.06. The van der Waals surface area contributed by atoms with Crippen molar-refractivity contribution in [3.63, 3.8) is 0 Å². The summed E-state index contributed by atoms with van der Waals surface area (Å²) in [5.41, 5.74) is -0.578. The summed E-state index contributed by atoms with van der Waals surface area (Å²) in [5.74, 6) is 0.878. The number of carbonyl (C=O) groups is 1. The molecule has 1 saturated carbocycles. The molecule has 0 aliphatic heterocycles. The van der Waals surface area contributed by atoms with Gasteiger partial charge in [0.05, 0.1) is 5.41 Å². The summed E-state index contributed by atoms with van der Waals surface area (Å²) in [6.45, 7) is 5.93. The maximum atomic E-state index is 10.9. The Morgan fingerprint density at radius 2 is 2.13 bits per heavy atom. The highest BCUT2D eigenvalue weighted by Gasteiger charge is 2.29. The number of carboxylic acids is 1. The highest BCUT2D eigenvalue weighted by atomic mass is 32.2. The molecule has 1 fully saturated rings. The van der Waals surface area contributed by atoms with Crippen molar-refractivity contribution < 1.29 is 9.90 Å². The Bertz CT molecular complexity index is 226. The minimum absolute atomic E-state index is 0.578. The van der Waals surface area contributed by atoms with Crippen molar-refractivity contribution in [2.24, 2.45) is 11.3 Å². The zero-order valence-electron chi connectivity index (χ0n) is 9.95. The normalized spacial score (nSPS) is 27.7. The van der Waals surface area contributed by atoms with Gasteiger partial charge >= 0.3 is 5.97 Å². The summed E-state index contributed by atoms with van der Waals surface area (Å²) in [4.78, 5) is 10.9. The lowest BCUT2D eigenvalue weighted by atomic mass is 9.90. The van der Waals surface area contributed by atoms with Crippen LogP contribution in [0.5, 0.6) is 0 Å². The second-order valence-corrected chi connectivity index (χ2v) is 6.68. The van der Waals surface area contributed by atoms with Gasteiger partial charge in [-0.15, -0.1) is 0 Å². The lowest BCUT2D eigenvalue weighted by Crippen LogP contribution is -2.28. The van der Waals surface area contributed by atoms with E-state index in [1.54, 1.807) is 0 Å². The van der Waals surface area contributed by atoms with E-state index < -0.39 is 11.4 Å². The Labute approximate surface area is 96.8 Å². The first-order valence-electron chi connectivity index (χ1n) is 5.77. The molecule has 0 aromatic rings. The second-order valence-electron chi connectivity index (χ2n) is 5.39. The van der Waals surface area contributed by atoms with E-state index in [1.165, 1.54) is 25.7 Å². The lowest BCUT2D eigenvalue weighted by Gasteiger charge is -2.28. The third-order valence-corrected chi connectivity index (χ3v) is 4.94. The monoisotopic (exact) mass is 230 g/mol. The standard InChI is InChI=1S/C12H22O2S/c1-9-5-4-6-10(7-9)15-8-12(2,3)11(13)14/h9-10H,4-8H2,1-3H3,(H,13,14). The first kappa shape index (κ1) is 12.9. The van der Waals surface area contributed by atoms with Crippen LogP contribution < -0.4 is 0 Å². The SMILES string of the molecule is CC1CCCC(SCC(C)(C)C(=O)O)C1. The summed E-state index contributed by atoms with van der Waals surface area (Å²) in [5, 5.41) is 9.70. The van der Waals surface area contributed by atoms with Crippen LogP contribution in [0.4, 0.5) is 0 Å². The van der Waals surface area contributed by atoms with E-state index in [4.69, 9.17) is 5.11 Å². The summed E-state index contributed by atoms with van der Waals surface area (Å²) < 4.78 is 0. The topological polar surface area (TPSA) is 37.3 Å². The van der Waals surface area contributed by atoms with E-state index in [-0.39, 0.29) is 0 Å². The molecule has 1 aliphatic rings. The van der Waals surface area contributed by atoms with Gasteiger partial charge in [-0.25, -0.2) is 0 Å². The molecular weight excluding hydrogens is 208 g/mol. The molecule has 1 N–H and O–H groups in total. The Hall–Kier alpha value is -0.180. The Kier molecular flexibility index (Phi) is 4.50. The van der Waals surface area contributed by atoms with E-state index in [9.17, 15) is 4.79 Å². The fraction of sp³-hybridized carbons (Fsp3) is 0.917. The van der Waals surface area contributed by atoms with Crippen molar-refractivity contribution >= 4 is 17.7 Å². The average Bonchev–Trinajstić information content (AvgIpc) is 2.15. The fourth-order valence-electron chi connectivity index (χ4n) is 1.92. The lowest BCUT2D eigenvalue weighted by molar-refractivity contribution is -0.145. The van der Waals surface area contributed by atoms with E-state index in [0.717, 1.165) is 11.7 Å². The van der Waals surface area contributed by atoms with Crippen LogP contribution in [0.2, 0.25) is 0 Å². The van der Waals surface area contributed by atoms with Gasteiger partial charge in [-0.1, -0.05) is 19.8 Å². The summed E-state index contributed by atoms with van der Waals surface area (Å²) in [6.07, 6.45) is 5.19. The Balaban J connectivity index is 2.33. The summed E-state index contributed by atoms with van der Waals surface area (Å²) in [7, 11) is 0. The fourth-order valence-corrected chi connectivity index (χ4v) is 3.49. The van der Waals surface area contributed by atoms with Gasteiger partial charge < -0.3 is 5.11 Å². The first-order valence-corrected chi connectivity index (χ1v) is 6.81. The maximum Gasteiger partial charge on any atom is 0.309 e. The van der Waals surface area contributed by atoms with Crippen molar-refractivity contribution in [1.82, 2.24) is 0 Å². The predicted octanol–water partition coefficient (Wildman–Crippen LogP) is 3.41. The molecule has 0 amide bonds. The molecule has 0 saturated heterocycles. The van der Waals surface area contributed by atoms with Gasteiger partial charge in [0, 0.05) is 11.0 Å². The minimum Gasteiger partial charge on any atom is -0.481 e. The molecule has 0 spiro atoms. The van der Waals surface area contributed by atoms with Crippen molar-refractivity contribution in [3.05, 3.63) is 0 Å². The highest BCUT2D eigenvalue weighted by molar-refractivity contribution is 7.99. The van der Waals surface area contributed by atoms with Gasteiger partial charge in [0.15, 0.2) is 0 Å². The Morgan fingerprint density at radius 1 is 1.47 bits per heavy atom. The van der Waals surface area contributed by atoms with Crippen molar-refractivity contribution in [3.8, 4) is 0 Å². The van der Waals surface area contributed by atoms with Crippen LogP contribution in [0.1, 0.15) is 46.5 Å². The third-order valence-electron chi connectivity index (χ3n) is 3.15. The molecule has 15 heavy (non-hydrogen) atoms. The molecule has 2 atom stereocenters. The molecule has 88 valence electrons. The molecule has 0 aromatic carbocycles. The van der Waals surface area contributed by atoms with Gasteiger partial charge in [0.2, 0.25) is 0 Å². The van der Waals surface area contributed by atoms with Gasteiger partial charge in [0.1, 0.15) is 0 Å². The van der Waals surface area contributed by atoms with E-state index in [1.807, 2.05) is 25.6 Å². The summed E-state index contributed by atoms with van der Waals surface area (Å²) >= 11 is 1.86. The van der Waals surface area contributed by atoms with Crippen LogP contribution in [0.15, 0.2) is 0 Å². The largest absolute Gasteiger partial charge is 0.481 e. The van der Waals surface area contributed by atoms with Crippen LogP contribution in [0, 0.1) is 11.3 Å². The van der Waals surface area contributed by atoms with E-state index in [2.05, 4.69) is 6.92 Å². The average molecular weight is 230 g/mol. The zero-order valence-corrected chi connectivity index (χ0v) is 10.8. The van der Waals surface area contributed by atoms with Crippen LogP contribution in [-0.2, 0) is 4.79 Å². The first-order chi connectivity index (χ1) is 6.92. The molecule has 0 heterocycles. The predicted molar refractivity (Wildman–Crippen MR) is 65.3 cm³/mol. The molecule has 0 aromatic heterocycles. The summed E-state index contributed by atoms with van der Waals surface area (Å²) in [6, 6.07) is 0. The molecule has 3 heteroatoms. The highest BCUT2D eigenvalue weighted by Crippen LogP contribution is 2.35.